The first-order valence-corrected chi connectivity index (χ1v) is 10.9. The Balaban J connectivity index is 1.46. The molecule has 146 valence electrons. The number of piperidine rings is 1. The molecule has 0 atom stereocenters. The SMILES string of the molecule is Cc1nn(C2CCCCC2)c2sc(C(=O)NC3CCN(CC=O)CC3)cc12. The number of hydrogen-bond acceptors (Lipinski definition) is 5. The Morgan fingerprint density at radius 1 is 1.26 bits per heavy atom. The molecule has 0 unspecified atom stereocenters. The molecule has 2 aliphatic rings. The number of thiophene rings is 1. The highest BCUT2D eigenvalue weighted by Crippen LogP contribution is 2.35. The van der Waals surface area contributed by atoms with Crippen LogP contribution < -0.4 is 5.32 Å². The average Bonchev–Trinajstić information content (AvgIpc) is 3.25. The van der Waals surface area contributed by atoms with Gasteiger partial charge in [-0.15, -0.1) is 11.3 Å². The first-order chi connectivity index (χ1) is 13.2. The maximum atomic E-state index is 12.8. The van der Waals surface area contributed by atoms with Crippen LogP contribution in [0, 0.1) is 6.92 Å². The summed E-state index contributed by atoms with van der Waals surface area (Å²) >= 11 is 1.58. The predicted molar refractivity (Wildman–Crippen MR) is 107 cm³/mol. The molecule has 27 heavy (non-hydrogen) atoms. The van der Waals surface area contributed by atoms with Crippen LogP contribution in [-0.4, -0.2) is 52.5 Å². The number of hydrogen-bond donors (Lipinski definition) is 1. The highest BCUT2D eigenvalue weighted by Gasteiger charge is 2.25. The van der Waals surface area contributed by atoms with Crippen LogP contribution in [-0.2, 0) is 4.79 Å². The van der Waals surface area contributed by atoms with Crippen molar-refractivity contribution in [1.82, 2.24) is 20.0 Å². The lowest BCUT2D eigenvalue weighted by Crippen LogP contribution is -2.44. The zero-order valence-corrected chi connectivity index (χ0v) is 16.8. The summed E-state index contributed by atoms with van der Waals surface area (Å²) in [4.78, 5) is 27.5. The van der Waals surface area contributed by atoms with E-state index in [4.69, 9.17) is 5.10 Å². The monoisotopic (exact) mass is 388 g/mol. The van der Waals surface area contributed by atoms with Gasteiger partial charge in [-0.05, 0) is 38.7 Å². The fourth-order valence-electron chi connectivity index (χ4n) is 4.38. The zero-order valence-electron chi connectivity index (χ0n) is 15.9. The third kappa shape index (κ3) is 3.94. The van der Waals surface area contributed by atoms with Gasteiger partial charge in [0, 0.05) is 24.5 Å². The lowest BCUT2D eigenvalue weighted by Gasteiger charge is -2.30. The van der Waals surface area contributed by atoms with Crippen molar-refractivity contribution >= 4 is 33.7 Å². The number of likely N-dealkylation sites (tertiary alicyclic amines) is 1. The van der Waals surface area contributed by atoms with E-state index >= 15 is 0 Å². The van der Waals surface area contributed by atoms with E-state index in [9.17, 15) is 9.59 Å². The van der Waals surface area contributed by atoms with Crippen molar-refractivity contribution in [3.8, 4) is 0 Å². The molecule has 1 saturated heterocycles. The van der Waals surface area contributed by atoms with E-state index in [1.54, 1.807) is 11.3 Å². The van der Waals surface area contributed by atoms with E-state index < -0.39 is 0 Å². The van der Waals surface area contributed by atoms with Crippen LogP contribution in [0.3, 0.4) is 0 Å². The maximum absolute atomic E-state index is 12.8. The molecule has 1 N–H and O–H groups in total. The molecule has 1 aliphatic heterocycles. The number of rotatable bonds is 5. The molecule has 2 aromatic heterocycles. The highest BCUT2D eigenvalue weighted by atomic mass is 32.1. The zero-order chi connectivity index (χ0) is 18.8. The van der Waals surface area contributed by atoms with E-state index in [1.165, 1.54) is 32.1 Å². The van der Waals surface area contributed by atoms with Gasteiger partial charge < -0.3 is 10.1 Å². The lowest BCUT2D eigenvalue weighted by atomic mass is 9.96. The van der Waals surface area contributed by atoms with Crippen molar-refractivity contribution < 1.29 is 9.59 Å². The Hall–Kier alpha value is -1.73. The molecular formula is C20H28N4O2S. The molecule has 2 aromatic rings. The minimum atomic E-state index is 0.0274. The van der Waals surface area contributed by atoms with E-state index in [0.717, 1.165) is 53.0 Å². The van der Waals surface area contributed by atoms with Crippen molar-refractivity contribution in [2.75, 3.05) is 19.6 Å². The van der Waals surface area contributed by atoms with Crippen LogP contribution in [0.5, 0.6) is 0 Å². The summed E-state index contributed by atoms with van der Waals surface area (Å²) < 4.78 is 2.18. The van der Waals surface area contributed by atoms with Crippen molar-refractivity contribution in [2.45, 2.75) is 64.0 Å². The van der Waals surface area contributed by atoms with Crippen molar-refractivity contribution in [3.05, 3.63) is 16.6 Å². The molecule has 1 amide bonds. The topological polar surface area (TPSA) is 67.2 Å². The third-order valence-electron chi connectivity index (χ3n) is 5.97. The quantitative estimate of drug-likeness (QED) is 0.798. The normalized spacial score (nSPS) is 20.2. The number of carbonyl (C=O) groups excluding carboxylic acids is 2. The number of carbonyl (C=O) groups is 2. The standard InChI is InChI=1S/C20H28N4O2S/c1-14-17-13-18(19(26)21-15-7-9-23(10-8-15)11-12-25)27-20(17)24(22-14)16-5-3-2-4-6-16/h12-13,15-16H,2-11H2,1H3,(H,21,26). The molecule has 3 heterocycles. The average molecular weight is 389 g/mol. The Bertz CT molecular complexity index is 813. The third-order valence-corrected chi connectivity index (χ3v) is 7.09. The van der Waals surface area contributed by atoms with Crippen LogP contribution >= 0.6 is 11.3 Å². The summed E-state index contributed by atoms with van der Waals surface area (Å²) in [6.07, 6.45) is 9.00. The molecular weight excluding hydrogens is 360 g/mol. The number of nitrogens with zero attached hydrogens (tertiary/aromatic N) is 3. The Labute approximate surface area is 163 Å². The summed E-state index contributed by atoms with van der Waals surface area (Å²) in [5, 5.41) is 9.09. The minimum Gasteiger partial charge on any atom is -0.349 e. The number of amides is 1. The Morgan fingerprint density at radius 2 is 2.00 bits per heavy atom. The lowest BCUT2D eigenvalue weighted by molar-refractivity contribution is -0.109. The summed E-state index contributed by atoms with van der Waals surface area (Å²) in [5.74, 6) is 0.0274. The first-order valence-electron chi connectivity index (χ1n) is 10.1. The number of aryl methyl sites for hydroxylation is 1. The van der Waals surface area contributed by atoms with Gasteiger partial charge in [-0.1, -0.05) is 19.3 Å². The molecule has 0 spiro atoms. The Kier molecular flexibility index (Phi) is 5.59. The number of nitrogens with one attached hydrogen (secondary N) is 1. The van der Waals surface area contributed by atoms with Crippen molar-refractivity contribution in [3.63, 3.8) is 0 Å². The molecule has 2 fully saturated rings. The molecule has 7 heteroatoms. The predicted octanol–water partition coefficient (Wildman–Crippen LogP) is 3.30. The fraction of sp³-hybridized carbons (Fsp3) is 0.650. The van der Waals surface area contributed by atoms with Crippen LogP contribution in [0.1, 0.15) is 66.4 Å². The van der Waals surface area contributed by atoms with Gasteiger partial charge in [0.25, 0.3) is 5.91 Å². The van der Waals surface area contributed by atoms with Gasteiger partial charge in [0.05, 0.1) is 23.2 Å². The van der Waals surface area contributed by atoms with Crippen LogP contribution in [0.15, 0.2) is 6.07 Å². The molecule has 6 nitrogen and oxygen atoms in total. The molecule has 0 radical (unpaired) electrons. The van der Waals surface area contributed by atoms with Gasteiger partial charge in [0.2, 0.25) is 0 Å². The van der Waals surface area contributed by atoms with Crippen LogP contribution in [0.25, 0.3) is 10.2 Å². The second-order valence-corrected chi connectivity index (χ2v) is 8.90. The summed E-state index contributed by atoms with van der Waals surface area (Å²) in [5.41, 5.74) is 1.02. The van der Waals surface area contributed by atoms with Gasteiger partial charge >= 0.3 is 0 Å². The van der Waals surface area contributed by atoms with Gasteiger partial charge in [0.15, 0.2) is 0 Å². The Morgan fingerprint density at radius 3 is 2.70 bits per heavy atom. The van der Waals surface area contributed by atoms with Gasteiger partial charge in [-0.25, -0.2) is 0 Å². The minimum absolute atomic E-state index is 0.0274. The summed E-state index contributed by atoms with van der Waals surface area (Å²) in [7, 11) is 0. The second kappa shape index (κ2) is 8.10. The maximum Gasteiger partial charge on any atom is 0.261 e. The molecule has 1 aliphatic carbocycles. The molecule has 1 saturated carbocycles. The van der Waals surface area contributed by atoms with E-state index in [1.807, 2.05) is 13.0 Å². The number of fused-ring (bicyclic) bond motifs is 1. The van der Waals surface area contributed by atoms with Gasteiger partial charge in [-0.3, -0.25) is 14.4 Å². The van der Waals surface area contributed by atoms with Crippen LogP contribution in [0.2, 0.25) is 0 Å². The largest absolute Gasteiger partial charge is 0.349 e. The van der Waals surface area contributed by atoms with E-state index in [-0.39, 0.29) is 11.9 Å². The molecule has 0 bridgehead atoms. The van der Waals surface area contributed by atoms with Crippen molar-refractivity contribution in [1.29, 1.82) is 0 Å². The summed E-state index contributed by atoms with van der Waals surface area (Å²) in [6, 6.07) is 2.69. The highest BCUT2D eigenvalue weighted by molar-refractivity contribution is 7.20. The fourth-order valence-corrected chi connectivity index (χ4v) is 5.52. The van der Waals surface area contributed by atoms with Gasteiger partial charge in [-0.2, -0.15) is 5.10 Å². The van der Waals surface area contributed by atoms with E-state index in [2.05, 4.69) is 14.9 Å². The number of aromatic nitrogens is 2. The van der Waals surface area contributed by atoms with Crippen molar-refractivity contribution in [2.24, 2.45) is 0 Å². The van der Waals surface area contributed by atoms with Crippen LogP contribution in [0.4, 0.5) is 0 Å². The van der Waals surface area contributed by atoms with E-state index in [0.29, 0.717) is 12.6 Å². The summed E-state index contributed by atoms with van der Waals surface area (Å²) in [6.45, 7) is 4.27. The molecule has 4 rings (SSSR count). The first kappa shape index (κ1) is 18.6. The number of aldehydes is 1. The molecule has 0 aromatic carbocycles. The van der Waals surface area contributed by atoms with Gasteiger partial charge in [0.1, 0.15) is 11.1 Å². The second-order valence-electron chi connectivity index (χ2n) is 7.87. The smallest absolute Gasteiger partial charge is 0.261 e.